The van der Waals surface area contributed by atoms with Gasteiger partial charge in [-0.2, -0.15) is 0 Å². The topological polar surface area (TPSA) is 72.5 Å². The predicted molar refractivity (Wildman–Crippen MR) is 80.8 cm³/mol. The summed E-state index contributed by atoms with van der Waals surface area (Å²) in [6, 6.07) is 2.62. The first kappa shape index (κ1) is 17.1. The molecule has 1 aromatic rings. The van der Waals surface area contributed by atoms with Crippen LogP contribution in [0.1, 0.15) is 31.7 Å². The zero-order valence-electron chi connectivity index (χ0n) is 11.4. The average Bonchev–Trinajstić information content (AvgIpc) is 2.41. The molecule has 0 aliphatic carbocycles. The van der Waals surface area contributed by atoms with E-state index in [1.807, 2.05) is 0 Å². The van der Waals surface area contributed by atoms with Crippen molar-refractivity contribution in [1.29, 1.82) is 0 Å². The molecule has 6 heteroatoms. The highest BCUT2D eigenvalue weighted by Gasteiger charge is 2.13. The van der Waals surface area contributed by atoms with Gasteiger partial charge in [-0.15, -0.1) is 0 Å². The van der Waals surface area contributed by atoms with Gasteiger partial charge in [-0.25, -0.2) is 0 Å². The highest BCUT2D eigenvalue weighted by Crippen LogP contribution is 2.34. The Hall–Kier alpha value is -0.970. The van der Waals surface area contributed by atoms with Crippen LogP contribution in [-0.4, -0.2) is 23.7 Å². The van der Waals surface area contributed by atoms with Crippen LogP contribution in [-0.2, 0) is 11.2 Å². The minimum atomic E-state index is -1.01. The second-order valence-electron chi connectivity index (χ2n) is 4.58. The van der Waals surface area contributed by atoms with Gasteiger partial charge in [0.25, 0.3) is 0 Å². The number of unbranched alkanes of at least 4 members (excludes halogenated alkanes) is 1. The van der Waals surface area contributed by atoms with Gasteiger partial charge in [-0.05, 0) is 37.0 Å². The summed E-state index contributed by atoms with van der Waals surface area (Å²) in [5.41, 5.74) is 6.34. The van der Waals surface area contributed by atoms with Gasteiger partial charge >= 0.3 is 5.97 Å². The molecule has 4 nitrogen and oxygen atoms in total. The average molecular weight is 320 g/mol. The fourth-order valence-electron chi connectivity index (χ4n) is 1.64. The van der Waals surface area contributed by atoms with Crippen LogP contribution in [0.2, 0.25) is 10.0 Å². The van der Waals surface area contributed by atoms with Crippen molar-refractivity contribution in [3.8, 4) is 5.75 Å². The molecule has 1 unspecified atom stereocenters. The largest absolute Gasteiger partial charge is 0.492 e. The number of halogens is 2. The fourth-order valence-corrected chi connectivity index (χ4v) is 2.04. The Balaban J connectivity index is 2.74. The van der Waals surface area contributed by atoms with Gasteiger partial charge in [0.15, 0.2) is 0 Å². The normalized spacial score (nSPS) is 12.2. The van der Waals surface area contributed by atoms with E-state index in [-0.39, 0.29) is 0 Å². The van der Waals surface area contributed by atoms with Gasteiger partial charge in [-0.1, -0.05) is 36.5 Å². The highest BCUT2D eigenvalue weighted by molar-refractivity contribution is 6.43. The third-order valence-corrected chi connectivity index (χ3v) is 3.66. The summed E-state index contributed by atoms with van der Waals surface area (Å²) < 4.78 is 5.59. The van der Waals surface area contributed by atoms with E-state index < -0.39 is 12.0 Å². The monoisotopic (exact) mass is 319 g/mol. The van der Waals surface area contributed by atoms with E-state index >= 15 is 0 Å². The molecule has 0 saturated carbocycles. The number of carboxylic acid groups (broad SMARTS) is 1. The molecule has 0 aromatic heterocycles. The summed E-state index contributed by atoms with van der Waals surface area (Å²) in [6.45, 7) is 2.65. The van der Waals surface area contributed by atoms with Crippen molar-refractivity contribution in [2.24, 2.45) is 5.73 Å². The molecule has 0 radical (unpaired) electrons. The first-order valence-corrected chi connectivity index (χ1v) is 7.30. The van der Waals surface area contributed by atoms with Crippen molar-refractivity contribution in [3.63, 3.8) is 0 Å². The van der Waals surface area contributed by atoms with Crippen molar-refractivity contribution in [3.05, 3.63) is 27.7 Å². The Bertz CT molecular complexity index is 466. The SMILES string of the molecule is CCCCOc1cc(CCC(N)C(=O)O)cc(Cl)c1Cl. The minimum absolute atomic E-state index is 0.335. The molecule has 1 aromatic carbocycles. The van der Waals surface area contributed by atoms with E-state index in [1.165, 1.54) is 0 Å². The number of hydrogen-bond acceptors (Lipinski definition) is 3. The third kappa shape index (κ3) is 5.19. The van der Waals surface area contributed by atoms with Gasteiger partial charge in [0, 0.05) is 0 Å². The van der Waals surface area contributed by atoms with E-state index in [0.717, 1.165) is 18.4 Å². The van der Waals surface area contributed by atoms with E-state index in [4.69, 9.17) is 38.8 Å². The van der Waals surface area contributed by atoms with Gasteiger partial charge in [0.1, 0.15) is 16.8 Å². The van der Waals surface area contributed by atoms with Crippen molar-refractivity contribution in [2.45, 2.75) is 38.6 Å². The highest BCUT2D eigenvalue weighted by atomic mass is 35.5. The van der Waals surface area contributed by atoms with Crippen molar-refractivity contribution in [2.75, 3.05) is 6.61 Å². The summed E-state index contributed by atoms with van der Waals surface area (Å²) in [7, 11) is 0. The molecule has 3 N–H and O–H groups in total. The molecule has 0 bridgehead atoms. The Morgan fingerprint density at radius 3 is 2.75 bits per heavy atom. The lowest BCUT2D eigenvalue weighted by Crippen LogP contribution is -2.30. The molecule has 1 rings (SSSR count). The maximum atomic E-state index is 10.7. The molecular weight excluding hydrogens is 301 g/mol. The first-order valence-electron chi connectivity index (χ1n) is 6.54. The molecule has 0 spiro atoms. The Morgan fingerprint density at radius 2 is 2.15 bits per heavy atom. The van der Waals surface area contributed by atoms with E-state index in [9.17, 15) is 4.79 Å². The number of aryl methyl sites for hydroxylation is 1. The van der Waals surface area contributed by atoms with Crippen LogP contribution in [0.25, 0.3) is 0 Å². The zero-order valence-corrected chi connectivity index (χ0v) is 12.9. The van der Waals surface area contributed by atoms with Crippen LogP contribution in [0, 0.1) is 0 Å². The van der Waals surface area contributed by atoms with E-state index in [1.54, 1.807) is 12.1 Å². The summed E-state index contributed by atoms with van der Waals surface area (Å²) in [5.74, 6) is -0.476. The molecule has 112 valence electrons. The van der Waals surface area contributed by atoms with Gasteiger partial charge < -0.3 is 15.6 Å². The lowest BCUT2D eigenvalue weighted by molar-refractivity contribution is -0.138. The number of benzene rings is 1. The number of aliphatic carboxylic acids is 1. The standard InChI is InChI=1S/C14H19Cl2NO3/c1-2-3-6-20-12-8-9(7-10(15)13(12)16)4-5-11(17)14(18)19/h7-8,11H,2-6,17H2,1H3,(H,18,19). The lowest BCUT2D eigenvalue weighted by Gasteiger charge is -2.12. The maximum Gasteiger partial charge on any atom is 0.320 e. The van der Waals surface area contributed by atoms with Gasteiger partial charge in [-0.3, -0.25) is 4.79 Å². The Labute approximate surface area is 128 Å². The molecule has 0 aliphatic rings. The number of nitrogens with two attached hydrogens (primary N) is 1. The Kier molecular flexibility index (Phi) is 7.13. The fraction of sp³-hybridized carbons (Fsp3) is 0.500. The second kappa shape index (κ2) is 8.35. The minimum Gasteiger partial charge on any atom is -0.492 e. The van der Waals surface area contributed by atoms with Crippen LogP contribution < -0.4 is 10.5 Å². The van der Waals surface area contributed by atoms with Gasteiger partial charge in [0.2, 0.25) is 0 Å². The second-order valence-corrected chi connectivity index (χ2v) is 5.36. The molecule has 0 fully saturated rings. The molecule has 0 amide bonds. The molecular formula is C14H19Cl2NO3. The predicted octanol–water partition coefficient (Wildman–Crippen LogP) is 3.52. The smallest absolute Gasteiger partial charge is 0.320 e. The number of ether oxygens (including phenoxy) is 1. The summed E-state index contributed by atoms with van der Waals surface area (Å²) >= 11 is 12.1. The number of carbonyl (C=O) groups is 1. The van der Waals surface area contributed by atoms with Crippen LogP contribution in [0.4, 0.5) is 0 Å². The van der Waals surface area contributed by atoms with Crippen LogP contribution in [0.5, 0.6) is 5.75 Å². The summed E-state index contributed by atoms with van der Waals surface area (Å²) in [4.78, 5) is 10.7. The van der Waals surface area contributed by atoms with Crippen molar-refractivity contribution < 1.29 is 14.6 Å². The van der Waals surface area contributed by atoms with Crippen molar-refractivity contribution in [1.82, 2.24) is 0 Å². The number of rotatable bonds is 8. The maximum absolute atomic E-state index is 10.7. The van der Waals surface area contributed by atoms with Crippen LogP contribution in [0.15, 0.2) is 12.1 Å². The van der Waals surface area contributed by atoms with Gasteiger partial charge in [0.05, 0.1) is 11.6 Å². The van der Waals surface area contributed by atoms with Crippen molar-refractivity contribution >= 4 is 29.2 Å². The van der Waals surface area contributed by atoms with E-state index in [0.29, 0.717) is 35.2 Å². The number of hydrogen-bond donors (Lipinski definition) is 2. The molecule has 0 saturated heterocycles. The molecule has 1 atom stereocenters. The molecule has 0 aliphatic heterocycles. The summed E-state index contributed by atoms with van der Waals surface area (Å²) in [6.07, 6.45) is 2.80. The molecule has 0 heterocycles. The van der Waals surface area contributed by atoms with Crippen LogP contribution >= 0.6 is 23.2 Å². The third-order valence-electron chi connectivity index (χ3n) is 2.87. The number of carboxylic acids is 1. The quantitative estimate of drug-likeness (QED) is 0.719. The summed E-state index contributed by atoms with van der Waals surface area (Å²) in [5, 5.41) is 9.55. The molecule has 20 heavy (non-hydrogen) atoms. The zero-order chi connectivity index (χ0) is 15.1. The Morgan fingerprint density at radius 1 is 1.45 bits per heavy atom. The first-order chi connectivity index (χ1) is 9.45. The lowest BCUT2D eigenvalue weighted by atomic mass is 10.1. The van der Waals surface area contributed by atoms with Crippen LogP contribution in [0.3, 0.4) is 0 Å². The van der Waals surface area contributed by atoms with E-state index in [2.05, 4.69) is 6.92 Å².